The minimum atomic E-state index is 0.803. The summed E-state index contributed by atoms with van der Waals surface area (Å²) in [6, 6.07) is 7.96. The molecule has 0 amide bonds. The SMILES string of the molecule is CCCCCCOc1ccc(N=C2NCCCN2)cc1. The van der Waals surface area contributed by atoms with Gasteiger partial charge in [-0.3, -0.25) is 0 Å². The summed E-state index contributed by atoms with van der Waals surface area (Å²) in [6.45, 7) is 5.00. The van der Waals surface area contributed by atoms with Gasteiger partial charge in [0.25, 0.3) is 0 Å². The summed E-state index contributed by atoms with van der Waals surface area (Å²) in [4.78, 5) is 4.52. The zero-order chi connectivity index (χ0) is 14.0. The maximum absolute atomic E-state index is 5.72. The predicted molar refractivity (Wildman–Crippen MR) is 83.8 cm³/mol. The van der Waals surface area contributed by atoms with Gasteiger partial charge in [-0.2, -0.15) is 0 Å². The molecule has 1 aliphatic heterocycles. The molecule has 1 fully saturated rings. The van der Waals surface area contributed by atoms with E-state index < -0.39 is 0 Å². The van der Waals surface area contributed by atoms with Gasteiger partial charge in [0.1, 0.15) is 5.75 Å². The number of unbranched alkanes of at least 4 members (excludes halogenated alkanes) is 3. The molecule has 0 atom stereocenters. The standard InChI is InChI=1S/C16H25N3O/c1-2-3-4-5-13-20-15-9-7-14(8-10-15)19-16-17-11-6-12-18-16/h7-10H,2-6,11-13H2,1H3,(H2,17,18,19). The molecule has 1 aromatic rings. The molecule has 2 N–H and O–H groups in total. The van der Waals surface area contributed by atoms with E-state index in [9.17, 15) is 0 Å². The smallest absolute Gasteiger partial charge is 0.196 e. The number of aliphatic imine (C=N–C) groups is 1. The Labute approximate surface area is 121 Å². The highest BCUT2D eigenvalue weighted by molar-refractivity contribution is 5.83. The summed E-state index contributed by atoms with van der Waals surface area (Å²) in [5, 5.41) is 6.49. The molecular formula is C16H25N3O. The van der Waals surface area contributed by atoms with E-state index in [0.717, 1.165) is 49.9 Å². The van der Waals surface area contributed by atoms with Crippen LogP contribution in [0.5, 0.6) is 5.75 Å². The van der Waals surface area contributed by atoms with Crippen molar-refractivity contribution in [2.24, 2.45) is 4.99 Å². The second kappa shape index (κ2) is 8.46. The van der Waals surface area contributed by atoms with E-state index in [1.807, 2.05) is 24.3 Å². The zero-order valence-electron chi connectivity index (χ0n) is 12.3. The van der Waals surface area contributed by atoms with Crippen molar-refractivity contribution < 1.29 is 4.74 Å². The fraction of sp³-hybridized carbons (Fsp3) is 0.562. The summed E-state index contributed by atoms with van der Waals surface area (Å²) in [6.07, 6.45) is 6.08. The lowest BCUT2D eigenvalue weighted by Crippen LogP contribution is -2.43. The Morgan fingerprint density at radius 2 is 1.80 bits per heavy atom. The lowest BCUT2D eigenvalue weighted by molar-refractivity contribution is 0.305. The Bertz CT molecular complexity index is 406. The van der Waals surface area contributed by atoms with E-state index in [-0.39, 0.29) is 0 Å². The minimum absolute atomic E-state index is 0.803. The predicted octanol–water partition coefficient (Wildman–Crippen LogP) is 3.22. The maximum atomic E-state index is 5.72. The number of guanidine groups is 1. The molecule has 4 nitrogen and oxygen atoms in total. The number of nitrogens with one attached hydrogen (secondary N) is 2. The normalized spacial score (nSPS) is 14.3. The van der Waals surface area contributed by atoms with Gasteiger partial charge in [0, 0.05) is 13.1 Å². The first-order chi connectivity index (χ1) is 9.88. The highest BCUT2D eigenvalue weighted by Gasteiger charge is 2.03. The van der Waals surface area contributed by atoms with E-state index in [4.69, 9.17) is 4.74 Å². The van der Waals surface area contributed by atoms with Gasteiger partial charge in [-0.1, -0.05) is 26.2 Å². The molecule has 1 saturated heterocycles. The highest BCUT2D eigenvalue weighted by atomic mass is 16.5. The van der Waals surface area contributed by atoms with Crippen molar-refractivity contribution in [3.8, 4) is 5.75 Å². The third-order valence-electron chi connectivity index (χ3n) is 3.28. The van der Waals surface area contributed by atoms with E-state index >= 15 is 0 Å². The first kappa shape index (κ1) is 14.7. The Balaban J connectivity index is 1.77. The van der Waals surface area contributed by atoms with Crippen molar-refractivity contribution in [1.29, 1.82) is 0 Å². The molecule has 110 valence electrons. The van der Waals surface area contributed by atoms with Gasteiger partial charge in [0.2, 0.25) is 0 Å². The lowest BCUT2D eigenvalue weighted by atomic mass is 10.2. The molecule has 0 bridgehead atoms. The maximum Gasteiger partial charge on any atom is 0.196 e. The third-order valence-corrected chi connectivity index (χ3v) is 3.28. The summed E-state index contributed by atoms with van der Waals surface area (Å²) in [7, 11) is 0. The fourth-order valence-corrected chi connectivity index (χ4v) is 2.11. The summed E-state index contributed by atoms with van der Waals surface area (Å²) in [5.41, 5.74) is 0.945. The van der Waals surface area contributed by atoms with E-state index in [2.05, 4.69) is 22.5 Å². The largest absolute Gasteiger partial charge is 0.494 e. The van der Waals surface area contributed by atoms with Crippen LogP contribution in [0.4, 0.5) is 5.69 Å². The van der Waals surface area contributed by atoms with Crippen LogP contribution < -0.4 is 15.4 Å². The summed E-state index contributed by atoms with van der Waals surface area (Å²) >= 11 is 0. The molecule has 20 heavy (non-hydrogen) atoms. The van der Waals surface area contributed by atoms with Crippen LogP contribution >= 0.6 is 0 Å². The van der Waals surface area contributed by atoms with Crippen molar-refractivity contribution in [2.75, 3.05) is 19.7 Å². The van der Waals surface area contributed by atoms with Crippen molar-refractivity contribution >= 4 is 11.6 Å². The van der Waals surface area contributed by atoms with Gasteiger partial charge in [0.15, 0.2) is 5.96 Å². The first-order valence-electron chi connectivity index (χ1n) is 7.68. The van der Waals surface area contributed by atoms with Crippen LogP contribution in [0.3, 0.4) is 0 Å². The number of rotatable bonds is 7. The number of hydrogen-bond acceptors (Lipinski definition) is 2. The second-order valence-corrected chi connectivity index (χ2v) is 5.07. The van der Waals surface area contributed by atoms with Crippen LogP contribution in [0, 0.1) is 0 Å². The van der Waals surface area contributed by atoms with Crippen LogP contribution in [0.1, 0.15) is 39.0 Å². The Morgan fingerprint density at radius 3 is 2.50 bits per heavy atom. The van der Waals surface area contributed by atoms with E-state index in [1.165, 1.54) is 19.3 Å². The third kappa shape index (κ3) is 5.11. The van der Waals surface area contributed by atoms with Crippen LogP contribution in [-0.2, 0) is 0 Å². The molecule has 0 radical (unpaired) electrons. The first-order valence-corrected chi connectivity index (χ1v) is 7.68. The number of benzene rings is 1. The number of nitrogens with zero attached hydrogens (tertiary/aromatic N) is 1. The quantitative estimate of drug-likeness (QED) is 0.751. The number of hydrogen-bond donors (Lipinski definition) is 2. The Kier molecular flexibility index (Phi) is 6.21. The molecule has 1 aromatic carbocycles. The van der Waals surface area contributed by atoms with E-state index in [1.54, 1.807) is 0 Å². The second-order valence-electron chi connectivity index (χ2n) is 5.07. The van der Waals surface area contributed by atoms with Crippen LogP contribution in [-0.4, -0.2) is 25.7 Å². The van der Waals surface area contributed by atoms with Gasteiger partial charge < -0.3 is 15.4 Å². The Morgan fingerprint density at radius 1 is 1.05 bits per heavy atom. The van der Waals surface area contributed by atoms with E-state index in [0.29, 0.717) is 0 Å². The topological polar surface area (TPSA) is 45.6 Å². The molecular weight excluding hydrogens is 250 g/mol. The average molecular weight is 275 g/mol. The molecule has 1 heterocycles. The molecule has 0 saturated carbocycles. The summed E-state index contributed by atoms with van der Waals surface area (Å²) in [5.74, 6) is 1.79. The van der Waals surface area contributed by atoms with Crippen LogP contribution in [0.2, 0.25) is 0 Å². The number of ether oxygens (including phenoxy) is 1. The Hall–Kier alpha value is -1.71. The fourth-order valence-electron chi connectivity index (χ4n) is 2.11. The minimum Gasteiger partial charge on any atom is -0.494 e. The summed E-state index contributed by atoms with van der Waals surface area (Å²) < 4.78 is 5.72. The molecule has 0 unspecified atom stereocenters. The van der Waals surface area contributed by atoms with Crippen molar-refractivity contribution in [1.82, 2.24) is 10.6 Å². The van der Waals surface area contributed by atoms with Crippen LogP contribution in [0.15, 0.2) is 29.3 Å². The molecule has 1 aliphatic rings. The van der Waals surface area contributed by atoms with Crippen LogP contribution in [0.25, 0.3) is 0 Å². The average Bonchev–Trinajstić information content (AvgIpc) is 2.50. The van der Waals surface area contributed by atoms with Crippen molar-refractivity contribution in [3.05, 3.63) is 24.3 Å². The highest BCUT2D eigenvalue weighted by Crippen LogP contribution is 2.18. The molecule has 0 aliphatic carbocycles. The monoisotopic (exact) mass is 275 g/mol. The molecule has 2 rings (SSSR count). The van der Waals surface area contributed by atoms with Gasteiger partial charge in [-0.25, -0.2) is 4.99 Å². The van der Waals surface area contributed by atoms with Gasteiger partial charge >= 0.3 is 0 Å². The molecule has 0 aromatic heterocycles. The van der Waals surface area contributed by atoms with Crippen molar-refractivity contribution in [3.63, 3.8) is 0 Å². The molecule has 4 heteroatoms. The van der Waals surface area contributed by atoms with Gasteiger partial charge in [0.05, 0.1) is 12.3 Å². The molecule has 0 spiro atoms. The van der Waals surface area contributed by atoms with Gasteiger partial charge in [-0.15, -0.1) is 0 Å². The lowest BCUT2D eigenvalue weighted by Gasteiger charge is -2.17. The van der Waals surface area contributed by atoms with Gasteiger partial charge in [-0.05, 0) is 37.1 Å². The zero-order valence-corrected chi connectivity index (χ0v) is 12.3. The van der Waals surface area contributed by atoms with Crippen molar-refractivity contribution in [2.45, 2.75) is 39.0 Å².